The van der Waals surface area contributed by atoms with Gasteiger partial charge in [0.05, 0.1) is 11.8 Å². The second-order valence-electron chi connectivity index (χ2n) is 7.45. The molecule has 5 atom stereocenters. The Morgan fingerprint density at radius 3 is 2.24 bits per heavy atom. The lowest BCUT2D eigenvalue weighted by Crippen LogP contribution is -2.51. The maximum atomic E-state index is 12.6. The van der Waals surface area contributed by atoms with E-state index in [1.165, 1.54) is 0 Å². The Hall–Kier alpha value is -2.37. The molecule has 6 nitrogen and oxygen atoms in total. The number of hydrogen-bond acceptors (Lipinski definition) is 4. The highest BCUT2D eigenvalue weighted by molar-refractivity contribution is 6.07. The van der Waals surface area contributed by atoms with Gasteiger partial charge in [0.1, 0.15) is 5.75 Å². The topological polar surface area (TPSA) is 75.7 Å². The molecule has 3 aliphatic rings. The molecule has 1 aromatic rings. The number of carbonyl (C=O) groups excluding carboxylic acids is 3. The number of carbonyl (C=O) groups is 3. The summed E-state index contributed by atoms with van der Waals surface area (Å²) in [5.74, 6) is -0.295. The Labute approximate surface area is 146 Å². The number of aryl methyl sites for hydroxylation is 1. The van der Waals surface area contributed by atoms with E-state index in [0.29, 0.717) is 17.6 Å². The first-order chi connectivity index (χ1) is 12.0. The largest absolute Gasteiger partial charge is 0.481 e. The molecule has 4 rings (SSSR count). The lowest BCUT2D eigenvalue weighted by atomic mass is 9.81. The van der Waals surface area contributed by atoms with E-state index in [1.54, 1.807) is 19.1 Å². The van der Waals surface area contributed by atoms with E-state index in [0.717, 1.165) is 29.8 Å². The van der Waals surface area contributed by atoms with Gasteiger partial charge in [-0.3, -0.25) is 19.8 Å². The molecule has 0 unspecified atom stereocenters. The minimum absolute atomic E-state index is 0.236. The number of hydrogen-bond donors (Lipinski definition) is 1. The van der Waals surface area contributed by atoms with Crippen molar-refractivity contribution in [1.29, 1.82) is 0 Å². The van der Waals surface area contributed by atoms with E-state index in [-0.39, 0.29) is 23.7 Å². The Bertz CT molecular complexity index is 701. The maximum Gasteiger partial charge on any atom is 0.279 e. The number of ether oxygens (including phenoxy) is 1. The van der Waals surface area contributed by atoms with Gasteiger partial charge < -0.3 is 4.74 Å². The van der Waals surface area contributed by atoms with E-state index in [2.05, 4.69) is 5.43 Å². The summed E-state index contributed by atoms with van der Waals surface area (Å²) in [5.41, 5.74) is 3.57. The number of amides is 3. The van der Waals surface area contributed by atoms with Crippen LogP contribution < -0.4 is 10.2 Å². The molecule has 0 radical (unpaired) electrons. The molecule has 132 valence electrons. The minimum atomic E-state index is -0.805. The van der Waals surface area contributed by atoms with Gasteiger partial charge in [0, 0.05) is 0 Å². The van der Waals surface area contributed by atoms with Crippen molar-refractivity contribution >= 4 is 17.7 Å². The second-order valence-corrected chi connectivity index (χ2v) is 7.45. The van der Waals surface area contributed by atoms with E-state index < -0.39 is 12.0 Å². The van der Waals surface area contributed by atoms with Gasteiger partial charge in [-0.15, -0.1) is 0 Å². The van der Waals surface area contributed by atoms with Gasteiger partial charge in [0.15, 0.2) is 6.10 Å². The van der Waals surface area contributed by atoms with Gasteiger partial charge in [-0.2, -0.15) is 5.01 Å². The Morgan fingerprint density at radius 2 is 1.68 bits per heavy atom. The third-order valence-corrected chi connectivity index (χ3v) is 5.85. The minimum Gasteiger partial charge on any atom is -0.481 e. The molecule has 25 heavy (non-hydrogen) atoms. The highest BCUT2D eigenvalue weighted by Crippen LogP contribution is 2.55. The lowest BCUT2D eigenvalue weighted by Gasteiger charge is -2.21. The molecule has 1 aromatic carbocycles. The van der Waals surface area contributed by atoms with Crippen molar-refractivity contribution in [1.82, 2.24) is 10.4 Å². The van der Waals surface area contributed by atoms with Crippen LogP contribution in [-0.2, 0) is 14.4 Å². The standard InChI is InChI=1S/C19H22N2O4/c1-10-3-7-14(8-4-10)25-11(2)17(22)20-21-18(23)15-12-5-6-13(9-12)16(15)19(21)24/h3-4,7-8,11-13,15-16H,5-6,9H2,1-2H3,(H,20,22)/t11-,12+,13+,15-,16-/m1/s1. The van der Waals surface area contributed by atoms with Crippen molar-refractivity contribution in [2.45, 2.75) is 39.2 Å². The Balaban J connectivity index is 1.41. The first-order valence-electron chi connectivity index (χ1n) is 8.87. The molecule has 1 aliphatic heterocycles. The van der Waals surface area contributed by atoms with Gasteiger partial charge in [-0.25, -0.2) is 0 Å². The van der Waals surface area contributed by atoms with Crippen molar-refractivity contribution in [3.63, 3.8) is 0 Å². The third-order valence-electron chi connectivity index (χ3n) is 5.85. The molecule has 3 fully saturated rings. The fourth-order valence-electron chi connectivity index (χ4n) is 4.59. The SMILES string of the molecule is Cc1ccc(O[C@H](C)C(=O)NN2C(=O)[C@@H]3[C@H]4CC[C@@H](C4)[C@H]3C2=O)cc1. The fourth-order valence-corrected chi connectivity index (χ4v) is 4.59. The molecule has 0 aromatic heterocycles. The van der Waals surface area contributed by atoms with Crippen LogP contribution >= 0.6 is 0 Å². The number of hydrazine groups is 1. The summed E-state index contributed by atoms with van der Waals surface area (Å²) >= 11 is 0. The van der Waals surface area contributed by atoms with Crippen LogP contribution in [-0.4, -0.2) is 28.8 Å². The zero-order valence-corrected chi connectivity index (χ0v) is 14.4. The molecule has 0 spiro atoms. The fraction of sp³-hybridized carbons (Fsp3) is 0.526. The van der Waals surface area contributed by atoms with Gasteiger partial charge in [0.25, 0.3) is 17.7 Å². The van der Waals surface area contributed by atoms with E-state index in [1.807, 2.05) is 19.1 Å². The number of imide groups is 1. The van der Waals surface area contributed by atoms with Crippen LogP contribution in [0.5, 0.6) is 5.75 Å². The molecule has 1 heterocycles. The zero-order chi connectivity index (χ0) is 17.7. The lowest BCUT2D eigenvalue weighted by molar-refractivity contribution is -0.151. The van der Waals surface area contributed by atoms with Crippen LogP contribution in [0, 0.1) is 30.6 Å². The molecule has 1 N–H and O–H groups in total. The quantitative estimate of drug-likeness (QED) is 0.847. The first kappa shape index (κ1) is 16.1. The van der Waals surface area contributed by atoms with Crippen LogP contribution in [0.2, 0.25) is 0 Å². The predicted molar refractivity (Wildman–Crippen MR) is 89.1 cm³/mol. The summed E-state index contributed by atoms with van der Waals surface area (Å²) in [7, 11) is 0. The van der Waals surface area contributed by atoms with Crippen molar-refractivity contribution in [2.75, 3.05) is 0 Å². The van der Waals surface area contributed by atoms with E-state index in [4.69, 9.17) is 4.74 Å². The molecular weight excluding hydrogens is 320 g/mol. The highest BCUT2D eigenvalue weighted by atomic mass is 16.5. The molecule has 2 aliphatic carbocycles. The van der Waals surface area contributed by atoms with Gasteiger partial charge in [-0.05, 0) is 57.1 Å². The van der Waals surface area contributed by atoms with Crippen LogP contribution in [0.1, 0.15) is 31.7 Å². The van der Waals surface area contributed by atoms with Crippen LogP contribution in [0.15, 0.2) is 24.3 Å². The van der Waals surface area contributed by atoms with Crippen molar-refractivity contribution in [3.05, 3.63) is 29.8 Å². The predicted octanol–water partition coefficient (Wildman–Crippen LogP) is 1.82. The molecular formula is C19H22N2O4. The van der Waals surface area contributed by atoms with Crippen LogP contribution in [0.4, 0.5) is 0 Å². The van der Waals surface area contributed by atoms with Crippen molar-refractivity contribution in [2.24, 2.45) is 23.7 Å². The van der Waals surface area contributed by atoms with Crippen molar-refractivity contribution < 1.29 is 19.1 Å². The smallest absolute Gasteiger partial charge is 0.279 e. The first-order valence-corrected chi connectivity index (χ1v) is 8.87. The highest BCUT2D eigenvalue weighted by Gasteiger charge is 2.61. The number of rotatable bonds is 4. The maximum absolute atomic E-state index is 12.6. The number of fused-ring (bicyclic) bond motifs is 5. The monoisotopic (exact) mass is 342 g/mol. The summed E-state index contributed by atoms with van der Waals surface area (Å²) in [6.45, 7) is 3.57. The van der Waals surface area contributed by atoms with Crippen LogP contribution in [0.25, 0.3) is 0 Å². The van der Waals surface area contributed by atoms with Crippen molar-refractivity contribution in [3.8, 4) is 5.75 Å². The summed E-state index contributed by atoms with van der Waals surface area (Å²) < 4.78 is 5.60. The van der Waals surface area contributed by atoms with Crippen LogP contribution in [0.3, 0.4) is 0 Å². The average molecular weight is 342 g/mol. The molecule has 3 amide bonds. The van der Waals surface area contributed by atoms with E-state index in [9.17, 15) is 14.4 Å². The summed E-state index contributed by atoms with van der Waals surface area (Å²) in [6, 6.07) is 7.36. The molecule has 1 saturated heterocycles. The summed E-state index contributed by atoms with van der Waals surface area (Å²) in [5, 5.41) is 0.942. The molecule has 2 bridgehead atoms. The number of benzene rings is 1. The van der Waals surface area contributed by atoms with Gasteiger partial charge >= 0.3 is 0 Å². The third kappa shape index (κ3) is 2.60. The summed E-state index contributed by atoms with van der Waals surface area (Å²) in [4.78, 5) is 37.6. The zero-order valence-electron chi connectivity index (χ0n) is 14.4. The number of nitrogens with one attached hydrogen (secondary N) is 1. The normalized spacial score (nSPS) is 31.2. The molecule has 6 heteroatoms. The second kappa shape index (κ2) is 5.86. The number of nitrogens with zero attached hydrogens (tertiary/aromatic N) is 1. The summed E-state index contributed by atoms with van der Waals surface area (Å²) in [6.07, 6.45) is 2.20. The van der Waals surface area contributed by atoms with Gasteiger partial charge in [-0.1, -0.05) is 17.7 Å². The Kier molecular flexibility index (Phi) is 3.78. The Morgan fingerprint density at radius 1 is 1.12 bits per heavy atom. The van der Waals surface area contributed by atoms with Gasteiger partial charge in [0.2, 0.25) is 0 Å². The van der Waals surface area contributed by atoms with E-state index >= 15 is 0 Å². The average Bonchev–Trinajstić information content (AvgIpc) is 3.26. The molecule has 2 saturated carbocycles.